The summed E-state index contributed by atoms with van der Waals surface area (Å²) in [5.74, 6) is 0.318. The van der Waals surface area contributed by atoms with Gasteiger partial charge in [0.25, 0.3) is 15.9 Å². The third-order valence-electron chi connectivity index (χ3n) is 2.71. The molecule has 1 amide bonds. The van der Waals surface area contributed by atoms with Gasteiger partial charge in [-0.05, 0) is 38.1 Å². The first-order valence-corrected chi connectivity index (χ1v) is 7.83. The quantitative estimate of drug-likeness (QED) is 0.773. The molecule has 1 heterocycles. The topological polar surface area (TPSA) is 104 Å². The molecular weight excluding hydrogens is 292 g/mol. The van der Waals surface area contributed by atoms with Crippen LogP contribution < -0.4 is 10.0 Å². The van der Waals surface area contributed by atoms with Gasteiger partial charge in [0, 0.05) is 17.8 Å². The maximum absolute atomic E-state index is 12.1. The number of nitrogens with zero attached hydrogens (tertiary/aromatic N) is 1. The van der Waals surface area contributed by atoms with E-state index >= 15 is 0 Å². The molecule has 2 rings (SSSR count). The fourth-order valence-corrected chi connectivity index (χ4v) is 2.73. The third-order valence-corrected chi connectivity index (χ3v) is 4.00. The highest BCUT2D eigenvalue weighted by molar-refractivity contribution is 7.92. The predicted octanol–water partition coefficient (Wildman–Crippen LogP) is 1.27. The maximum Gasteiger partial charge on any atom is 0.278 e. The lowest BCUT2D eigenvalue weighted by Gasteiger charge is -2.07. The summed E-state index contributed by atoms with van der Waals surface area (Å²) in [6.45, 7) is 4.03. The van der Waals surface area contributed by atoms with Crippen molar-refractivity contribution in [3.05, 3.63) is 41.9 Å². The Balaban J connectivity index is 2.15. The highest BCUT2D eigenvalue weighted by atomic mass is 32.2. The van der Waals surface area contributed by atoms with Crippen LogP contribution >= 0.6 is 0 Å². The summed E-state index contributed by atoms with van der Waals surface area (Å²) in [5, 5.41) is 2.66. The summed E-state index contributed by atoms with van der Waals surface area (Å²) < 4.78 is 26.6. The van der Waals surface area contributed by atoms with Crippen LogP contribution in [-0.4, -0.2) is 30.8 Å². The number of amides is 1. The number of hydrogen-bond acceptors (Lipinski definition) is 4. The minimum atomic E-state index is -3.70. The molecule has 0 aliphatic heterocycles. The number of rotatable bonds is 5. The van der Waals surface area contributed by atoms with Crippen molar-refractivity contribution in [1.29, 1.82) is 0 Å². The molecule has 0 spiro atoms. The number of aromatic amines is 1. The van der Waals surface area contributed by atoms with Crippen molar-refractivity contribution in [2.75, 3.05) is 11.3 Å². The largest absolute Gasteiger partial charge is 0.352 e. The van der Waals surface area contributed by atoms with Crippen molar-refractivity contribution in [1.82, 2.24) is 15.3 Å². The summed E-state index contributed by atoms with van der Waals surface area (Å²) >= 11 is 0. The van der Waals surface area contributed by atoms with Crippen molar-refractivity contribution in [3.8, 4) is 0 Å². The second-order valence-corrected chi connectivity index (χ2v) is 6.03. The number of sulfonamides is 1. The van der Waals surface area contributed by atoms with Crippen molar-refractivity contribution < 1.29 is 13.2 Å². The van der Waals surface area contributed by atoms with E-state index in [-0.39, 0.29) is 10.9 Å². The number of aryl methyl sites for hydroxylation is 1. The first-order valence-electron chi connectivity index (χ1n) is 6.35. The molecule has 7 nitrogen and oxygen atoms in total. The second kappa shape index (κ2) is 5.96. The first kappa shape index (κ1) is 15.0. The van der Waals surface area contributed by atoms with Gasteiger partial charge in [-0.15, -0.1) is 0 Å². The van der Waals surface area contributed by atoms with Gasteiger partial charge in [-0.2, -0.15) is 8.42 Å². The lowest BCUT2D eigenvalue weighted by molar-refractivity contribution is 0.0956. The van der Waals surface area contributed by atoms with Crippen molar-refractivity contribution in [2.45, 2.75) is 18.9 Å². The monoisotopic (exact) mass is 308 g/mol. The molecule has 0 bridgehead atoms. The van der Waals surface area contributed by atoms with E-state index in [1.807, 2.05) is 6.92 Å². The van der Waals surface area contributed by atoms with Crippen LogP contribution in [0.4, 0.5) is 5.69 Å². The van der Waals surface area contributed by atoms with Crippen LogP contribution in [0.2, 0.25) is 0 Å². The molecule has 21 heavy (non-hydrogen) atoms. The molecule has 0 radical (unpaired) electrons. The Kier molecular flexibility index (Phi) is 4.27. The van der Waals surface area contributed by atoms with E-state index in [2.05, 4.69) is 20.0 Å². The zero-order chi connectivity index (χ0) is 15.5. The van der Waals surface area contributed by atoms with E-state index in [1.165, 1.54) is 18.3 Å². The number of carbonyl (C=O) groups is 1. The number of imidazole rings is 1. The summed E-state index contributed by atoms with van der Waals surface area (Å²) in [4.78, 5) is 18.1. The normalized spacial score (nSPS) is 11.1. The number of carbonyl (C=O) groups excluding carboxylic acids is 1. The van der Waals surface area contributed by atoms with Gasteiger partial charge in [0.05, 0.1) is 6.20 Å². The van der Waals surface area contributed by atoms with Gasteiger partial charge >= 0.3 is 0 Å². The molecule has 0 aliphatic rings. The molecule has 0 saturated heterocycles. The molecule has 0 saturated carbocycles. The van der Waals surface area contributed by atoms with E-state index in [9.17, 15) is 13.2 Å². The van der Waals surface area contributed by atoms with Gasteiger partial charge < -0.3 is 10.3 Å². The Hall–Kier alpha value is -2.35. The fraction of sp³-hybridized carbons (Fsp3) is 0.231. The average Bonchev–Trinajstić information content (AvgIpc) is 2.87. The third kappa shape index (κ3) is 3.60. The minimum Gasteiger partial charge on any atom is -0.352 e. The fourth-order valence-electron chi connectivity index (χ4n) is 1.70. The number of hydrogen-bond donors (Lipinski definition) is 3. The highest BCUT2D eigenvalue weighted by Gasteiger charge is 2.16. The van der Waals surface area contributed by atoms with E-state index in [0.717, 1.165) is 0 Å². The number of H-pyrrole nitrogens is 1. The number of nitrogens with one attached hydrogen (secondary N) is 3. The van der Waals surface area contributed by atoms with Crippen LogP contribution in [0.5, 0.6) is 0 Å². The molecular formula is C13H16N4O3S. The zero-order valence-electron chi connectivity index (χ0n) is 11.7. The second-order valence-electron chi connectivity index (χ2n) is 4.38. The molecule has 112 valence electrons. The molecule has 1 aromatic heterocycles. The van der Waals surface area contributed by atoms with Gasteiger partial charge in [0.2, 0.25) is 0 Å². The molecule has 0 atom stereocenters. The van der Waals surface area contributed by atoms with Gasteiger partial charge in [-0.3, -0.25) is 9.52 Å². The van der Waals surface area contributed by atoms with Gasteiger partial charge in [-0.1, -0.05) is 0 Å². The maximum atomic E-state index is 12.1. The molecule has 2 aromatic rings. The van der Waals surface area contributed by atoms with Gasteiger partial charge in [-0.25, -0.2) is 4.98 Å². The van der Waals surface area contributed by atoms with Crippen molar-refractivity contribution in [2.24, 2.45) is 0 Å². The van der Waals surface area contributed by atoms with Crippen molar-refractivity contribution >= 4 is 21.6 Å². The van der Waals surface area contributed by atoms with Crippen LogP contribution in [0.15, 0.2) is 35.5 Å². The molecule has 3 N–H and O–H groups in total. The Morgan fingerprint density at radius 1 is 1.29 bits per heavy atom. The van der Waals surface area contributed by atoms with E-state index in [4.69, 9.17) is 0 Å². The molecule has 8 heteroatoms. The minimum absolute atomic E-state index is 0.00666. The van der Waals surface area contributed by atoms with Gasteiger partial charge in [0.1, 0.15) is 5.82 Å². The SMILES string of the molecule is CCNC(=O)c1ccc(NS(=O)(=O)c2cnc(C)[nH]2)cc1. The molecule has 0 fully saturated rings. The Bertz CT molecular complexity index is 735. The number of benzene rings is 1. The number of aromatic nitrogens is 2. The van der Waals surface area contributed by atoms with Crippen LogP contribution in [0.3, 0.4) is 0 Å². The lowest BCUT2D eigenvalue weighted by Crippen LogP contribution is -2.22. The summed E-state index contributed by atoms with van der Waals surface area (Å²) in [5.41, 5.74) is 0.840. The Morgan fingerprint density at radius 3 is 2.48 bits per heavy atom. The van der Waals surface area contributed by atoms with Crippen LogP contribution in [-0.2, 0) is 10.0 Å². The standard InChI is InChI=1S/C13H16N4O3S/c1-3-14-13(18)10-4-6-11(7-5-10)17-21(19,20)12-8-15-9(2)16-12/h4-8,17H,3H2,1-2H3,(H,14,18)(H,15,16). The Labute approximate surface area is 122 Å². The molecule has 0 aliphatic carbocycles. The van der Waals surface area contributed by atoms with Crippen LogP contribution in [0, 0.1) is 6.92 Å². The van der Waals surface area contributed by atoms with Crippen molar-refractivity contribution in [3.63, 3.8) is 0 Å². The predicted molar refractivity (Wildman–Crippen MR) is 78.6 cm³/mol. The summed E-state index contributed by atoms with van der Waals surface area (Å²) in [7, 11) is -3.70. The van der Waals surface area contributed by atoms with Gasteiger partial charge in [0.15, 0.2) is 5.03 Å². The average molecular weight is 308 g/mol. The smallest absolute Gasteiger partial charge is 0.278 e. The van der Waals surface area contributed by atoms with E-state index in [0.29, 0.717) is 23.6 Å². The summed E-state index contributed by atoms with van der Waals surface area (Å²) in [6.07, 6.45) is 1.25. The zero-order valence-corrected chi connectivity index (χ0v) is 12.5. The van der Waals surface area contributed by atoms with Crippen LogP contribution in [0.1, 0.15) is 23.1 Å². The van der Waals surface area contributed by atoms with Crippen LogP contribution in [0.25, 0.3) is 0 Å². The van der Waals surface area contributed by atoms with E-state index in [1.54, 1.807) is 19.1 Å². The van der Waals surface area contributed by atoms with E-state index < -0.39 is 10.0 Å². The highest BCUT2D eigenvalue weighted by Crippen LogP contribution is 2.15. The Morgan fingerprint density at radius 2 is 1.95 bits per heavy atom. The molecule has 0 unspecified atom stereocenters. The summed E-state index contributed by atoms with van der Waals surface area (Å²) in [6, 6.07) is 6.18. The lowest BCUT2D eigenvalue weighted by atomic mass is 10.2. The number of anilines is 1. The molecule has 1 aromatic carbocycles. The first-order chi connectivity index (χ1) is 9.92.